The standard InChI is InChI=1S/C22H23N3O4/c1-22(2,3)16-8-5-14(6-9-16)20-24-23-19(29-20)12-25(4)21(26)15-7-10-17-18(11-15)28-13-27-17/h5-11H,12-13H2,1-4H3. The second kappa shape index (κ2) is 7.24. The molecule has 0 radical (unpaired) electrons. The van der Waals surface area contributed by atoms with Gasteiger partial charge in [-0.25, -0.2) is 0 Å². The van der Waals surface area contributed by atoms with E-state index in [-0.39, 0.29) is 24.7 Å². The molecule has 0 aliphatic carbocycles. The van der Waals surface area contributed by atoms with Gasteiger partial charge in [-0.1, -0.05) is 32.9 Å². The summed E-state index contributed by atoms with van der Waals surface area (Å²) < 4.78 is 16.4. The molecular formula is C22H23N3O4. The van der Waals surface area contributed by atoms with Gasteiger partial charge in [-0.3, -0.25) is 4.79 Å². The quantitative estimate of drug-likeness (QED) is 0.666. The molecule has 0 bridgehead atoms. The summed E-state index contributed by atoms with van der Waals surface area (Å²) in [6, 6.07) is 13.2. The van der Waals surface area contributed by atoms with Crippen molar-refractivity contribution in [2.24, 2.45) is 0 Å². The Morgan fingerprint density at radius 3 is 2.48 bits per heavy atom. The minimum atomic E-state index is -0.169. The highest BCUT2D eigenvalue weighted by Crippen LogP contribution is 2.33. The van der Waals surface area contributed by atoms with Crippen molar-refractivity contribution in [3.05, 3.63) is 59.5 Å². The molecule has 29 heavy (non-hydrogen) atoms. The number of hydrogen-bond acceptors (Lipinski definition) is 6. The van der Waals surface area contributed by atoms with Crippen LogP contribution in [0.5, 0.6) is 11.5 Å². The fourth-order valence-electron chi connectivity index (χ4n) is 3.07. The first-order chi connectivity index (χ1) is 13.8. The van der Waals surface area contributed by atoms with Crippen LogP contribution in [-0.2, 0) is 12.0 Å². The van der Waals surface area contributed by atoms with Crippen LogP contribution in [0.2, 0.25) is 0 Å². The molecular weight excluding hydrogens is 370 g/mol. The predicted octanol–water partition coefficient (Wildman–Crippen LogP) is 4.04. The molecule has 1 aliphatic rings. The van der Waals surface area contributed by atoms with Crippen LogP contribution < -0.4 is 9.47 Å². The molecule has 150 valence electrons. The molecule has 0 unspecified atom stereocenters. The molecule has 1 aromatic heterocycles. The lowest BCUT2D eigenvalue weighted by molar-refractivity contribution is 0.0772. The summed E-state index contributed by atoms with van der Waals surface area (Å²) >= 11 is 0. The number of rotatable bonds is 4. The van der Waals surface area contributed by atoms with Crippen LogP contribution in [0.1, 0.15) is 42.6 Å². The summed E-state index contributed by atoms with van der Waals surface area (Å²) in [5.41, 5.74) is 2.67. The highest BCUT2D eigenvalue weighted by molar-refractivity contribution is 5.94. The number of carbonyl (C=O) groups is 1. The Hall–Kier alpha value is -3.35. The van der Waals surface area contributed by atoms with Gasteiger partial charge in [0.1, 0.15) is 0 Å². The second-order valence-electron chi connectivity index (χ2n) is 8.06. The first-order valence-electron chi connectivity index (χ1n) is 9.40. The Kier molecular flexibility index (Phi) is 4.74. The van der Waals surface area contributed by atoms with Gasteiger partial charge in [0.05, 0.1) is 6.54 Å². The van der Waals surface area contributed by atoms with Crippen molar-refractivity contribution in [3.63, 3.8) is 0 Å². The zero-order valence-corrected chi connectivity index (χ0v) is 16.9. The van der Waals surface area contributed by atoms with Crippen molar-refractivity contribution in [1.29, 1.82) is 0 Å². The summed E-state index contributed by atoms with van der Waals surface area (Å²) in [5.74, 6) is 1.85. The largest absolute Gasteiger partial charge is 0.454 e. The molecule has 0 fully saturated rings. The third-order valence-electron chi connectivity index (χ3n) is 4.80. The molecule has 3 aromatic rings. The predicted molar refractivity (Wildman–Crippen MR) is 107 cm³/mol. The van der Waals surface area contributed by atoms with Crippen LogP contribution in [0.15, 0.2) is 46.9 Å². The molecule has 2 heterocycles. The van der Waals surface area contributed by atoms with E-state index in [4.69, 9.17) is 13.9 Å². The lowest BCUT2D eigenvalue weighted by atomic mass is 9.87. The number of ether oxygens (including phenoxy) is 2. The molecule has 0 N–H and O–H groups in total. The number of aromatic nitrogens is 2. The summed E-state index contributed by atoms with van der Waals surface area (Å²) in [6.07, 6.45) is 0. The number of hydrogen-bond donors (Lipinski definition) is 0. The van der Waals surface area contributed by atoms with Gasteiger partial charge in [0.25, 0.3) is 5.91 Å². The van der Waals surface area contributed by atoms with Gasteiger partial charge in [0.15, 0.2) is 11.5 Å². The van der Waals surface area contributed by atoms with Crippen LogP contribution in [-0.4, -0.2) is 34.8 Å². The zero-order chi connectivity index (χ0) is 20.6. The summed E-state index contributed by atoms with van der Waals surface area (Å²) in [6.45, 7) is 6.88. The molecule has 0 saturated heterocycles. The highest BCUT2D eigenvalue weighted by Gasteiger charge is 2.20. The number of benzene rings is 2. The molecule has 0 saturated carbocycles. The van der Waals surface area contributed by atoms with Crippen molar-refractivity contribution in [2.45, 2.75) is 32.7 Å². The smallest absolute Gasteiger partial charge is 0.254 e. The van der Waals surface area contributed by atoms with Gasteiger partial charge in [-0.05, 0) is 41.3 Å². The van der Waals surface area contributed by atoms with Gasteiger partial charge < -0.3 is 18.8 Å². The Balaban J connectivity index is 1.45. The van der Waals surface area contributed by atoms with Gasteiger partial charge in [-0.2, -0.15) is 0 Å². The third kappa shape index (κ3) is 3.94. The van der Waals surface area contributed by atoms with Gasteiger partial charge in [0, 0.05) is 18.2 Å². The minimum absolute atomic E-state index is 0.0797. The van der Waals surface area contributed by atoms with Crippen molar-refractivity contribution in [1.82, 2.24) is 15.1 Å². The van der Waals surface area contributed by atoms with Crippen LogP contribution in [0.4, 0.5) is 0 Å². The van der Waals surface area contributed by atoms with Crippen molar-refractivity contribution in [3.8, 4) is 23.0 Å². The minimum Gasteiger partial charge on any atom is -0.454 e. The first kappa shape index (κ1) is 19.0. The van der Waals surface area contributed by atoms with Crippen LogP contribution in [0.3, 0.4) is 0 Å². The Morgan fingerprint density at radius 1 is 1.03 bits per heavy atom. The molecule has 0 atom stereocenters. The van der Waals surface area contributed by atoms with Crippen LogP contribution in [0.25, 0.3) is 11.5 Å². The average Bonchev–Trinajstić information content (AvgIpc) is 3.35. The Bertz CT molecular complexity index is 1030. The van der Waals surface area contributed by atoms with Crippen molar-refractivity contribution < 1.29 is 18.7 Å². The Morgan fingerprint density at radius 2 is 1.76 bits per heavy atom. The number of nitrogens with zero attached hydrogens (tertiary/aromatic N) is 3. The normalized spacial score (nSPS) is 12.8. The zero-order valence-electron chi connectivity index (χ0n) is 16.9. The third-order valence-corrected chi connectivity index (χ3v) is 4.80. The molecule has 7 nitrogen and oxygen atoms in total. The van der Waals surface area contributed by atoms with E-state index in [1.54, 1.807) is 25.2 Å². The summed E-state index contributed by atoms with van der Waals surface area (Å²) in [4.78, 5) is 14.2. The van der Waals surface area contributed by atoms with E-state index in [1.165, 1.54) is 10.5 Å². The topological polar surface area (TPSA) is 77.7 Å². The van der Waals surface area contributed by atoms with Gasteiger partial charge >= 0.3 is 0 Å². The molecule has 0 spiro atoms. The lowest BCUT2D eigenvalue weighted by Gasteiger charge is -2.18. The SMILES string of the molecule is CN(Cc1nnc(-c2ccc(C(C)(C)C)cc2)o1)C(=O)c1ccc2c(c1)OCO2. The number of fused-ring (bicyclic) bond motifs is 1. The molecule has 1 amide bonds. The summed E-state index contributed by atoms with van der Waals surface area (Å²) in [7, 11) is 1.69. The van der Waals surface area contributed by atoms with Gasteiger partial charge in [-0.15, -0.1) is 10.2 Å². The number of amides is 1. The average molecular weight is 393 g/mol. The van der Waals surface area contributed by atoms with Crippen molar-refractivity contribution >= 4 is 5.91 Å². The van der Waals surface area contributed by atoms with E-state index in [0.717, 1.165) is 5.56 Å². The fourth-order valence-corrected chi connectivity index (χ4v) is 3.07. The van der Waals surface area contributed by atoms with Crippen LogP contribution >= 0.6 is 0 Å². The van der Waals surface area contributed by atoms with E-state index in [2.05, 4.69) is 43.1 Å². The molecule has 7 heteroatoms. The van der Waals surface area contributed by atoms with Gasteiger partial charge in [0.2, 0.25) is 18.6 Å². The fraction of sp³-hybridized carbons (Fsp3) is 0.318. The molecule has 4 rings (SSSR count). The Labute approximate surface area is 169 Å². The molecule has 2 aromatic carbocycles. The highest BCUT2D eigenvalue weighted by atomic mass is 16.7. The van der Waals surface area contributed by atoms with Crippen molar-refractivity contribution in [2.75, 3.05) is 13.8 Å². The first-order valence-corrected chi connectivity index (χ1v) is 9.40. The van der Waals surface area contributed by atoms with E-state index >= 15 is 0 Å². The van der Waals surface area contributed by atoms with E-state index < -0.39 is 0 Å². The summed E-state index contributed by atoms with van der Waals surface area (Å²) in [5, 5.41) is 8.20. The maximum Gasteiger partial charge on any atom is 0.254 e. The van der Waals surface area contributed by atoms with E-state index in [1.807, 2.05) is 12.1 Å². The lowest BCUT2D eigenvalue weighted by Crippen LogP contribution is -2.26. The molecule has 1 aliphatic heterocycles. The maximum atomic E-state index is 12.7. The number of carbonyl (C=O) groups excluding carboxylic acids is 1. The van der Waals surface area contributed by atoms with E-state index in [0.29, 0.717) is 28.8 Å². The van der Waals surface area contributed by atoms with E-state index in [9.17, 15) is 4.79 Å². The monoisotopic (exact) mass is 393 g/mol. The van der Waals surface area contributed by atoms with Crippen LogP contribution in [0, 0.1) is 0 Å². The maximum absolute atomic E-state index is 12.7. The second-order valence-corrected chi connectivity index (χ2v) is 8.06.